The maximum absolute atomic E-state index is 16.4. The first-order valence-corrected chi connectivity index (χ1v) is 39.1. The number of carbonyl (C=O) groups is 8. The number of aliphatic hydroxyl groups is 6. The number of nitrogens with two attached hydrogens (primary N) is 1. The Morgan fingerprint density at radius 2 is 1.29 bits per heavy atom. The van der Waals surface area contributed by atoms with E-state index in [2.05, 4.69) is 42.5 Å². The van der Waals surface area contributed by atoms with E-state index in [9.17, 15) is 64.0 Å². The molecule has 0 unspecified atom stereocenters. The Kier molecular flexibility index (Phi) is 24.0. The second kappa shape index (κ2) is 33.6. The molecule has 16 rings (SSSR count). The summed E-state index contributed by atoms with van der Waals surface area (Å²) in [5, 5.41) is 126. The summed E-state index contributed by atoms with van der Waals surface area (Å²) in [6.45, 7) is 4.31. The summed E-state index contributed by atoms with van der Waals surface area (Å²) < 4.78 is 61.1. The van der Waals surface area contributed by atoms with Crippen LogP contribution in [0.4, 0.5) is 0 Å². The number of likely N-dealkylation sites (N-methyl/N-ethyl adjacent to an activating group) is 1. The Balaban J connectivity index is 1.00. The number of hydrogen-bond donors (Lipinski definition) is 19. The normalized spacial score (nSPS) is 28.2. The van der Waals surface area contributed by atoms with E-state index < -0.39 is 205 Å². The van der Waals surface area contributed by atoms with Gasteiger partial charge in [-0.3, -0.25) is 38.4 Å². The van der Waals surface area contributed by atoms with Gasteiger partial charge in [-0.25, -0.2) is 13.1 Å². The van der Waals surface area contributed by atoms with Gasteiger partial charge in [-0.1, -0.05) is 43.6 Å². The van der Waals surface area contributed by atoms with Gasteiger partial charge in [0.15, 0.2) is 11.5 Å². The summed E-state index contributed by atoms with van der Waals surface area (Å²) in [4.78, 5) is 123. The second-order valence-electron chi connectivity index (χ2n) is 30.3. The SMILES string of the molecule is CN[C@H](CC(C)C)C(=O)N[C@H]1C(=O)N[C@@H](CC(=O)NS(=O)(=O)c2ccc(OCCN)cc2)C(=O)N[C@H]2C(=O)N[C@H]3C(=O)N[C@H](C(=O)N[C@H](C(=O)NC4C5CC6CC(C5)CC4C6)c4cc(O)cc(O)c4-c4cc3ccc4O)[C@H](O)c3ccc(c(Cl)c3)Oc3cc2cc(c3O[C@@H]2O[C@H](CO)[C@@H](O)[C@H](O)[C@H]2O)Oc2ccc(cc2C)[C@H]1O. The molecule has 0 radical (unpaired) electrons. The van der Waals surface area contributed by atoms with Gasteiger partial charge in [-0.15, -0.1) is 0 Å². The van der Waals surface area contributed by atoms with Crippen molar-refractivity contribution in [3.8, 4) is 62.9 Å². The molecule has 4 saturated carbocycles. The molecule has 36 heteroatoms. The fourth-order valence-corrected chi connectivity index (χ4v) is 17.7. The number of amides is 8. The van der Waals surface area contributed by atoms with Gasteiger partial charge in [-0.2, -0.15) is 0 Å². The van der Waals surface area contributed by atoms with E-state index >= 15 is 28.8 Å². The van der Waals surface area contributed by atoms with Gasteiger partial charge in [0, 0.05) is 29.8 Å². The van der Waals surface area contributed by atoms with Crippen molar-refractivity contribution < 1.29 is 116 Å². The zero-order chi connectivity index (χ0) is 81.6. The second-order valence-corrected chi connectivity index (χ2v) is 32.4. The highest BCUT2D eigenvalue weighted by Crippen LogP contribution is 2.55. The number of benzene rings is 6. The molecule has 5 fully saturated rings. The number of halogens is 1. The Labute approximate surface area is 657 Å². The van der Waals surface area contributed by atoms with E-state index in [1.807, 2.05) is 18.6 Å². The highest BCUT2D eigenvalue weighted by molar-refractivity contribution is 7.90. The molecule has 6 aromatic carbocycles. The zero-order valence-corrected chi connectivity index (χ0v) is 63.5. The smallest absolute Gasteiger partial charge is 0.264 e. The van der Waals surface area contributed by atoms with Crippen LogP contribution >= 0.6 is 11.6 Å². The van der Waals surface area contributed by atoms with Gasteiger partial charge in [0.05, 0.1) is 29.0 Å². The molecule has 34 nitrogen and oxygen atoms in total. The van der Waals surface area contributed by atoms with Crippen LogP contribution in [0, 0.1) is 36.5 Å². The lowest BCUT2D eigenvalue weighted by molar-refractivity contribution is -0.277. The number of carbonyl (C=O) groups excluding carboxylic acids is 8. The Bertz CT molecular complexity index is 4840. The van der Waals surface area contributed by atoms with Crippen molar-refractivity contribution in [1.82, 2.24) is 47.3 Å². The van der Waals surface area contributed by atoms with Gasteiger partial charge in [0.2, 0.25) is 59.3 Å². The van der Waals surface area contributed by atoms with Crippen LogP contribution in [-0.2, 0) is 53.1 Å². The topological polar surface area (TPSA) is 533 Å². The Morgan fingerprint density at radius 3 is 1.93 bits per heavy atom. The summed E-state index contributed by atoms with van der Waals surface area (Å²) in [6.07, 6.45) is -10.9. The lowest BCUT2D eigenvalue weighted by Crippen LogP contribution is -2.60. The highest BCUT2D eigenvalue weighted by Gasteiger charge is 2.51. The van der Waals surface area contributed by atoms with Gasteiger partial charge in [0.1, 0.15) is 114 Å². The molecule has 608 valence electrons. The van der Waals surface area contributed by atoms with Crippen molar-refractivity contribution in [2.45, 2.75) is 162 Å². The number of phenolic OH excluding ortho intramolecular Hbond substituents is 3. The molecule has 8 amide bonds. The monoisotopic (exact) mass is 1620 g/mol. The van der Waals surface area contributed by atoms with Crippen LogP contribution in [-0.4, -0.2) is 189 Å². The number of ether oxygens (including phenoxy) is 5. The summed E-state index contributed by atoms with van der Waals surface area (Å²) >= 11 is 7.15. The lowest BCUT2D eigenvalue weighted by Gasteiger charge is -2.54. The zero-order valence-electron chi connectivity index (χ0n) is 61.9. The van der Waals surface area contributed by atoms with Crippen molar-refractivity contribution in [1.29, 1.82) is 0 Å². The van der Waals surface area contributed by atoms with Gasteiger partial charge < -0.3 is 118 Å². The average Bonchev–Trinajstić information content (AvgIpc) is 0.763. The highest BCUT2D eigenvalue weighted by atomic mass is 35.5. The molecule has 1 saturated heterocycles. The van der Waals surface area contributed by atoms with Gasteiger partial charge in [-0.05, 0) is 194 Å². The van der Waals surface area contributed by atoms with Gasteiger partial charge in [0.25, 0.3) is 10.0 Å². The van der Waals surface area contributed by atoms with E-state index in [4.69, 9.17) is 41.0 Å². The molecule has 0 spiro atoms. The minimum Gasteiger partial charge on any atom is -0.508 e. The third-order valence-electron chi connectivity index (χ3n) is 21.9. The number of aryl methyl sites for hydroxylation is 1. The van der Waals surface area contributed by atoms with Crippen LogP contribution in [0.25, 0.3) is 11.1 Å². The van der Waals surface area contributed by atoms with Crippen LogP contribution in [0.15, 0.2) is 108 Å². The first kappa shape index (κ1) is 81.6. The number of rotatable bonds is 17. The Morgan fingerprint density at radius 1 is 0.658 bits per heavy atom. The van der Waals surface area contributed by atoms with Crippen molar-refractivity contribution >= 4 is 68.9 Å². The number of nitrogens with one attached hydrogen (secondary N) is 9. The standard InChI is InChI=1S/C78H89ClN10O24S/c1-32(2)17-48(81-4)71(100)87-63-65(95)37-6-13-52(33(3)18-37)110-54-26-41-27-55(70(54)113-78-69(99)68(98)67(97)56(31-90)112-78)111-53-14-7-38(25-47(53)79)66(96)64-77(106)86-62(75(104)83-59-39-20-34-19-35(22-39)23-40(59)21-34)46-28-42(91)29-51(93)58(46)45-24-36(5-12-50(45)92)60(73(102)88-64)85-74(103)61(41)84-72(101)49(82-76(63)105)30-57(94)89-114(107,108)44-10-8-43(9-11-44)109-16-15-80/h5-14,18,24-29,32,34-35,39-40,48-49,56,59-69,78,81,90-93,95-99H,15-17,19-23,30-31,80H2,1-4H3,(H,82,105)(H,83,104)(H,84,101)(H,85,103)(H,86,106)(H,87,100)(H,88,102)(H,89,94)/t34?,35?,39?,40?,48-,49+,56-,59?,60-,61-,62+,63-,64+,65-,66-,67-,68+,69-,78+/m1/s1. The third kappa shape index (κ3) is 17.0. The molecular formula is C78H89ClN10O24S. The quantitative estimate of drug-likeness (QED) is 0.0618. The van der Waals surface area contributed by atoms with Crippen LogP contribution in [0.2, 0.25) is 5.02 Å². The molecule has 10 aliphatic rings. The molecular weight excluding hydrogens is 1530 g/mol. The number of fused-ring (bicyclic) bond motifs is 15. The summed E-state index contributed by atoms with van der Waals surface area (Å²) in [6, 6.07) is 4.73. The maximum Gasteiger partial charge on any atom is 0.264 e. The van der Waals surface area contributed by atoms with E-state index in [0.717, 1.165) is 92.8 Å². The average molecular weight is 1620 g/mol. The van der Waals surface area contributed by atoms with Crippen LogP contribution in [0.1, 0.15) is 123 Å². The maximum atomic E-state index is 16.4. The van der Waals surface area contributed by atoms with E-state index in [1.165, 1.54) is 56.4 Å². The minimum atomic E-state index is -4.89. The molecule has 6 heterocycles. The fourth-order valence-electron chi connectivity index (χ4n) is 16.5. The van der Waals surface area contributed by atoms with E-state index in [1.54, 1.807) is 0 Å². The predicted octanol–water partition coefficient (Wildman–Crippen LogP) is 1.74. The predicted molar refractivity (Wildman–Crippen MR) is 401 cm³/mol. The third-order valence-corrected chi connectivity index (χ3v) is 23.6. The number of aliphatic hydroxyl groups excluding tert-OH is 6. The van der Waals surface area contributed by atoms with E-state index in [0.29, 0.717) is 11.8 Å². The first-order valence-electron chi connectivity index (χ1n) is 37.2. The summed E-state index contributed by atoms with van der Waals surface area (Å²) in [7, 11) is -3.42. The summed E-state index contributed by atoms with van der Waals surface area (Å²) in [5.41, 5.74) is 3.54. The van der Waals surface area contributed by atoms with Crippen molar-refractivity contribution in [2.75, 3.05) is 26.8 Å². The molecule has 6 aliphatic heterocycles. The molecule has 0 aromatic heterocycles. The number of hydrogen-bond acceptors (Lipinski definition) is 26. The fraction of sp³-hybridized carbons (Fsp3) is 0.436. The molecule has 15 bridgehead atoms. The summed E-state index contributed by atoms with van der Waals surface area (Å²) in [5.74, 6) is -13.5. The minimum absolute atomic E-state index is 0.0562. The molecule has 4 aliphatic carbocycles. The number of phenols is 3. The van der Waals surface area contributed by atoms with E-state index in [-0.39, 0.29) is 99.6 Å². The lowest BCUT2D eigenvalue weighted by atomic mass is 9.54. The molecule has 20 N–H and O–H groups in total. The first-order chi connectivity index (χ1) is 54.3. The number of aromatic hydroxyl groups is 3. The molecule has 14 atom stereocenters. The van der Waals surface area contributed by atoms with Crippen molar-refractivity contribution in [2.24, 2.45) is 35.3 Å². The Hall–Kier alpha value is -10.4. The van der Waals surface area contributed by atoms with Crippen molar-refractivity contribution in [3.63, 3.8) is 0 Å². The molecule has 114 heavy (non-hydrogen) atoms. The van der Waals surface area contributed by atoms with Crippen LogP contribution < -0.4 is 71.9 Å². The number of sulfonamides is 1. The largest absolute Gasteiger partial charge is 0.508 e. The van der Waals surface area contributed by atoms with Crippen LogP contribution in [0.5, 0.6) is 51.7 Å². The molecule has 6 aromatic rings. The van der Waals surface area contributed by atoms with Gasteiger partial charge >= 0.3 is 0 Å². The van der Waals surface area contributed by atoms with Crippen LogP contribution in [0.3, 0.4) is 0 Å². The van der Waals surface area contributed by atoms with Crippen molar-refractivity contribution in [3.05, 3.63) is 142 Å².